The Morgan fingerprint density at radius 2 is 1.69 bits per heavy atom. The molecule has 0 aliphatic rings. The van der Waals surface area contributed by atoms with Gasteiger partial charge in [0.15, 0.2) is 6.61 Å². The summed E-state index contributed by atoms with van der Waals surface area (Å²) in [6, 6.07) is 25.2. The smallest absolute Gasteiger partial charge is 0.262 e. The third-order valence-corrected chi connectivity index (χ3v) is 3.92. The van der Waals surface area contributed by atoms with E-state index in [0.717, 1.165) is 17.7 Å². The van der Waals surface area contributed by atoms with E-state index in [9.17, 15) is 4.79 Å². The Hall–Kier alpha value is -3.27. The van der Waals surface area contributed by atoms with Crippen molar-refractivity contribution in [1.29, 1.82) is 0 Å². The van der Waals surface area contributed by atoms with E-state index in [1.165, 1.54) is 5.56 Å². The first-order valence-corrected chi connectivity index (χ1v) is 8.43. The summed E-state index contributed by atoms with van der Waals surface area (Å²) in [6.07, 6.45) is 0.758. The molecule has 1 N–H and O–H groups in total. The SMILES string of the molecule is COc1cccc(NC(=O)COc2ccccc2Cc2ccccc2)c1. The molecule has 0 aromatic heterocycles. The first-order valence-electron chi connectivity index (χ1n) is 8.43. The lowest BCUT2D eigenvalue weighted by molar-refractivity contribution is -0.118. The molecule has 0 aliphatic carbocycles. The second-order valence-electron chi connectivity index (χ2n) is 5.84. The molecule has 0 heterocycles. The van der Waals surface area contributed by atoms with Crippen LogP contribution in [0.1, 0.15) is 11.1 Å². The van der Waals surface area contributed by atoms with Gasteiger partial charge in [-0.3, -0.25) is 4.79 Å². The second-order valence-corrected chi connectivity index (χ2v) is 5.84. The summed E-state index contributed by atoms with van der Waals surface area (Å²) in [7, 11) is 1.59. The number of anilines is 1. The molecule has 0 fully saturated rings. The summed E-state index contributed by atoms with van der Waals surface area (Å²) < 4.78 is 10.9. The van der Waals surface area contributed by atoms with Crippen molar-refractivity contribution >= 4 is 11.6 Å². The Labute approximate surface area is 153 Å². The fourth-order valence-corrected chi connectivity index (χ4v) is 2.65. The van der Waals surface area contributed by atoms with Crippen LogP contribution in [0.3, 0.4) is 0 Å². The normalized spacial score (nSPS) is 10.2. The number of benzene rings is 3. The zero-order valence-corrected chi connectivity index (χ0v) is 14.6. The summed E-state index contributed by atoms with van der Waals surface area (Å²) in [5.74, 6) is 1.20. The molecule has 3 aromatic carbocycles. The van der Waals surface area contributed by atoms with E-state index in [-0.39, 0.29) is 12.5 Å². The van der Waals surface area contributed by atoms with E-state index < -0.39 is 0 Å². The number of rotatable bonds is 7. The topological polar surface area (TPSA) is 47.6 Å². The van der Waals surface area contributed by atoms with Crippen molar-refractivity contribution in [2.45, 2.75) is 6.42 Å². The van der Waals surface area contributed by atoms with Crippen molar-refractivity contribution < 1.29 is 14.3 Å². The van der Waals surface area contributed by atoms with Crippen molar-refractivity contribution in [3.8, 4) is 11.5 Å². The summed E-state index contributed by atoms with van der Waals surface area (Å²) in [5.41, 5.74) is 2.92. The molecule has 132 valence electrons. The first-order chi connectivity index (χ1) is 12.7. The van der Waals surface area contributed by atoms with Crippen LogP contribution >= 0.6 is 0 Å². The van der Waals surface area contributed by atoms with Crippen LogP contribution in [0.4, 0.5) is 5.69 Å². The number of ether oxygens (including phenoxy) is 2. The highest BCUT2D eigenvalue weighted by Gasteiger charge is 2.08. The molecule has 0 radical (unpaired) electrons. The van der Waals surface area contributed by atoms with Gasteiger partial charge in [0.2, 0.25) is 0 Å². The highest BCUT2D eigenvalue weighted by atomic mass is 16.5. The lowest BCUT2D eigenvalue weighted by Crippen LogP contribution is -2.20. The highest BCUT2D eigenvalue weighted by Crippen LogP contribution is 2.22. The van der Waals surface area contributed by atoms with Gasteiger partial charge in [-0.2, -0.15) is 0 Å². The molecule has 3 aromatic rings. The van der Waals surface area contributed by atoms with E-state index in [1.807, 2.05) is 60.7 Å². The van der Waals surface area contributed by atoms with Gasteiger partial charge in [-0.25, -0.2) is 0 Å². The monoisotopic (exact) mass is 347 g/mol. The van der Waals surface area contributed by atoms with Crippen LogP contribution in [-0.4, -0.2) is 19.6 Å². The van der Waals surface area contributed by atoms with Crippen LogP contribution in [0.15, 0.2) is 78.9 Å². The average Bonchev–Trinajstić information content (AvgIpc) is 2.68. The predicted molar refractivity (Wildman–Crippen MR) is 103 cm³/mol. The Balaban J connectivity index is 1.61. The van der Waals surface area contributed by atoms with Gasteiger partial charge in [0, 0.05) is 18.2 Å². The molecule has 0 spiro atoms. The van der Waals surface area contributed by atoms with E-state index >= 15 is 0 Å². The van der Waals surface area contributed by atoms with Crippen molar-refractivity contribution in [2.24, 2.45) is 0 Å². The zero-order chi connectivity index (χ0) is 18.2. The number of amides is 1. The van der Waals surface area contributed by atoms with Gasteiger partial charge in [-0.05, 0) is 29.3 Å². The molecular formula is C22H21NO3. The van der Waals surface area contributed by atoms with E-state index in [1.54, 1.807) is 13.2 Å². The molecule has 3 rings (SSSR count). The number of carbonyl (C=O) groups excluding carboxylic acids is 1. The van der Waals surface area contributed by atoms with Crippen molar-refractivity contribution in [1.82, 2.24) is 0 Å². The van der Waals surface area contributed by atoms with Gasteiger partial charge >= 0.3 is 0 Å². The lowest BCUT2D eigenvalue weighted by atomic mass is 10.0. The van der Waals surface area contributed by atoms with Crippen LogP contribution in [-0.2, 0) is 11.2 Å². The molecule has 1 amide bonds. The van der Waals surface area contributed by atoms with Gasteiger partial charge in [0.05, 0.1) is 7.11 Å². The number of carbonyl (C=O) groups is 1. The van der Waals surface area contributed by atoms with Crippen LogP contribution in [0, 0.1) is 0 Å². The number of para-hydroxylation sites is 1. The largest absolute Gasteiger partial charge is 0.497 e. The molecule has 0 aliphatic heterocycles. The maximum Gasteiger partial charge on any atom is 0.262 e. The molecule has 0 saturated heterocycles. The van der Waals surface area contributed by atoms with Crippen molar-refractivity contribution in [3.05, 3.63) is 90.0 Å². The highest BCUT2D eigenvalue weighted by molar-refractivity contribution is 5.92. The van der Waals surface area contributed by atoms with Gasteiger partial charge < -0.3 is 14.8 Å². The molecule has 0 atom stereocenters. The minimum Gasteiger partial charge on any atom is -0.497 e. The van der Waals surface area contributed by atoms with Gasteiger partial charge in [0.1, 0.15) is 11.5 Å². The zero-order valence-electron chi connectivity index (χ0n) is 14.6. The summed E-state index contributed by atoms with van der Waals surface area (Å²) in [5, 5.41) is 2.81. The Kier molecular flexibility index (Phi) is 5.88. The van der Waals surface area contributed by atoms with Gasteiger partial charge in [-0.1, -0.05) is 54.6 Å². The summed E-state index contributed by atoms with van der Waals surface area (Å²) >= 11 is 0. The van der Waals surface area contributed by atoms with E-state index in [0.29, 0.717) is 11.4 Å². The third kappa shape index (κ3) is 4.86. The fraction of sp³-hybridized carbons (Fsp3) is 0.136. The quantitative estimate of drug-likeness (QED) is 0.693. The maximum atomic E-state index is 12.2. The molecule has 4 nitrogen and oxygen atoms in total. The standard InChI is InChI=1S/C22H21NO3/c1-25-20-12-7-11-19(15-20)23-22(24)16-26-21-13-6-5-10-18(21)14-17-8-3-2-4-9-17/h2-13,15H,14,16H2,1H3,(H,23,24). The molecule has 0 bridgehead atoms. The minimum atomic E-state index is -0.215. The molecule has 0 saturated carbocycles. The number of hydrogen-bond donors (Lipinski definition) is 1. The Morgan fingerprint density at radius 1 is 0.923 bits per heavy atom. The van der Waals surface area contributed by atoms with Crippen LogP contribution in [0.25, 0.3) is 0 Å². The average molecular weight is 347 g/mol. The molecular weight excluding hydrogens is 326 g/mol. The van der Waals surface area contributed by atoms with E-state index in [4.69, 9.17) is 9.47 Å². The molecule has 4 heteroatoms. The second kappa shape index (κ2) is 8.72. The van der Waals surface area contributed by atoms with Gasteiger partial charge in [0.25, 0.3) is 5.91 Å². The molecule has 26 heavy (non-hydrogen) atoms. The van der Waals surface area contributed by atoms with Crippen LogP contribution in [0.5, 0.6) is 11.5 Å². The third-order valence-electron chi connectivity index (χ3n) is 3.92. The Bertz CT molecular complexity index is 862. The van der Waals surface area contributed by atoms with Gasteiger partial charge in [-0.15, -0.1) is 0 Å². The maximum absolute atomic E-state index is 12.2. The number of nitrogens with one attached hydrogen (secondary N) is 1. The van der Waals surface area contributed by atoms with Crippen molar-refractivity contribution in [2.75, 3.05) is 19.0 Å². The lowest BCUT2D eigenvalue weighted by Gasteiger charge is -2.12. The summed E-state index contributed by atoms with van der Waals surface area (Å²) in [4.78, 5) is 12.2. The first kappa shape index (κ1) is 17.5. The minimum absolute atomic E-state index is 0.0526. The number of methoxy groups -OCH3 is 1. The fourth-order valence-electron chi connectivity index (χ4n) is 2.65. The van der Waals surface area contributed by atoms with Crippen LogP contribution < -0.4 is 14.8 Å². The Morgan fingerprint density at radius 3 is 2.50 bits per heavy atom. The predicted octanol–water partition coefficient (Wildman–Crippen LogP) is 4.30. The van der Waals surface area contributed by atoms with Crippen LogP contribution in [0.2, 0.25) is 0 Å². The summed E-state index contributed by atoms with van der Waals surface area (Å²) in [6.45, 7) is -0.0526. The molecule has 0 unspecified atom stereocenters. The number of hydrogen-bond acceptors (Lipinski definition) is 3. The van der Waals surface area contributed by atoms with E-state index in [2.05, 4.69) is 17.4 Å². The van der Waals surface area contributed by atoms with Crippen molar-refractivity contribution in [3.63, 3.8) is 0 Å².